The van der Waals surface area contributed by atoms with Crippen LogP contribution in [0.25, 0.3) is 33.3 Å². The Labute approximate surface area is 171 Å². The summed E-state index contributed by atoms with van der Waals surface area (Å²) in [5, 5.41) is 9.69. The molecule has 4 rings (SSSR count). The van der Waals surface area contributed by atoms with E-state index in [2.05, 4.69) is 4.98 Å². The van der Waals surface area contributed by atoms with Gasteiger partial charge in [-0.15, -0.1) is 0 Å². The van der Waals surface area contributed by atoms with E-state index in [1.807, 2.05) is 31.2 Å². The van der Waals surface area contributed by atoms with Crippen LogP contribution in [0.2, 0.25) is 0 Å². The predicted octanol–water partition coefficient (Wildman–Crippen LogP) is 5.94. The second kappa shape index (κ2) is 7.91. The molecule has 0 saturated heterocycles. The molecule has 1 N–H and O–H groups in total. The maximum Gasteiger partial charge on any atom is 0.336 e. The van der Waals surface area contributed by atoms with Crippen molar-refractivity contribution in [1.29, 1.82) is 0 Å². The Morgan fingerprint density at radius 3 is 2.53 bits per heavy atom. The molecule has 0 unspecified atom stereocenters. The van der Waals surface area contributed by atoms with Crippen LogP contribution in [0.15, 0.2) is 66.7 Å². The molecule has 4 aromatic rings. The van der Waals surface area contributed by atoms with Crippen LogP contribution in [0, 0.1) is 11.6 Å². The quantitative estimate of drug-likeness (QED) is 0.446. The highest BCUT2D eigenvalue weighted by Gasteiger charge is 2.17. The smallest absolute Gasteiger partial charge is 0.336 e. The maximum atomic E-state index is 15.0. The number of carbonyl (C=O) groups is 1. The number of carboxylic acids is 1. The molecule has 4 nitrogen and oxygen atoms in total. The number of fused-ring (bicyclic) bond motifs is 1. The molecule has 0 saturated carbocycles. The molecule has 0 atom stereocenters. The van der Waals surface area contributed by atoms with Crippen LogP contribution < -0.4 is 4.74 Å². The molecule has 150 valence electrons. The van der Waals surface area contributed by atoms with E-state index in [-0.39, 0.29) is 27.7 Å². The summed E-state index contributed by atoms with van der Waals surface area (Å²) in [5.74, 6) is -1.71. The monoisotopic (exact) mass is 405 g/mol. The molecule has 0 spiro atoms. The minimum Gasteiger partial charge on any atom is -0.493 e. The van der Waals surface area contributed by atoms with Gasteiger partial charge in [0.25, 0.3) is 0 Å². The summed E-state index contributed by atoms with van der Waals surface area (Å²) in [6.45, 7) is 2.36. The number of aromatic nitrogens is 1. The first-order valence-electron chi connectivity index (χ1n) is 9.33. The first-order chi connectivity index (χ1) is 14.5. The molecule has 0 aliphatic heterocycles. The zero-order valence-electron chi connectivity index (χ0n) is 16.0. The topological polar surface area (TPSA) is 59.4 Å². The number of hydrogen-bond acceptors (Lipinski definition) is 3. The highest BCUT2D eigenvalue weighted by atomic mass is 19.1. The lowest BCUT2D eigenvalue weighted by molar-refractivity contribution is 0.0699. The van der Waals surface area contributed by atoms with E-state index in [4.69, 9.17) is 4.74 Å². The van der Waals surface area contributed by atoms with Crippen molar-refractivity contribution in [2.75, 3.05) is 6.61 Å². The van der Waals surface area contributed by atoms with Gasteiger partial charge in [0, 0.05) is 16.5 Å². The number of pyridine rings is 1. The molecule has 1 heterocycles. The van der Waals surface area contributed by atoms with Crippen molar-refractivity contribution in [2.45, 2.75) is 6.92 Å². The van der Waals surface area contributed by atoms with E-state index in [0.29, 0.717) is 17.9 Å². The van der Waals surface area contributed by atoms with Crippen molar-refractivity contribution in [3.63, 3.8) is 0 Å². The highest BCUT2D eigenvalue weighted by Crippen LogP contribution is 2.34. The maximum absolute atomic E-state index is 15.0. The molecule has 0 radical (unpaired) electrons. The van der Waals surface area contributed by atoms with E-state index in [1.54, 1.807) is 12.1 Å². The summed E-state index contributed by atoms with van der Waals surface area (Å²) in [6, 6.07) is 16.9. The third kappa shape index (κ3) is 3.59. The Morgan fingerprint density at radius 2 is 1.80 bits per heavy atom. The molecule has 0 fully saturated rings. The van der Waals surface area contributed by atoms with Crippen molar-refractivity contribution >= 4 is 16.9 Å². The number of rotatable bonds is 5. The summed E-state index contributed by atoms with van der Waals surface area (Å²) in [4.78, 5) is 16.0. The van der Waals surface area contributed by atoms with E-state index in [9.17, 15) is 14.3 Å². The van der Waals surface area contributed by atoms with Gasteiger partial charge >= 0.3 is 5.97 Å². The van der Waals surface area contributed by atoms with Crippen molar-refractivity contribution in [3.05, 3.63) is 83.9 Å². The first-order valence-corrected chi connectivity index (χ1v) is 9.33. The van der Waals surface area contributed by atoms with E-state index >= 15 is 4.39 Å². The fraction of sp³-hybridized carbons (Fsp3) is 0.0833. The summed E-state index contributed by atoms with van der Waals surface area (Å²) < 4.78 is 34.2. The fourth-order valence-corrected chi connectivity index (χ4v) is 3.39. The molecule has 0 amide bonds. The predicted molar refractivity (Wildman–Crippen MR) is 111 cm³/mol. The summed E-state index contributed by atoms with van der Waals surface area (Å²) in [5.41, 5.74) is 1.82. The number of ether oxygens (including phenoxy) is 1. The van der Waals surface area contributed by atoms with Crippen molar-refractivity contribution in [1.82, 2.24) is 4.98 Å². The lowest BCUT2D eigenvalue weighted by Gasteiger charge is -2.12. The number of nitrogens with zero attached hydrogens (tertiary/aromatic N) is 1. The minimum absolute atomic E-state index is 0.139. The van der Waals surface area contributed by atoms with Gasteiger partial charge < -0.3 is 9.84 Å². The van der Waals surface area contributed by atoms with Crippen LogP contribution in [0.3, 0.4) is 0 Å². The largest absolute Gasteiger partial charge is 0.493 e. The standard InChI is InChI=1S/C24H17F2NO3/c1-2-30-23-6-4-3-5-16(23)14-7-9-17(20(26)11-14)22-13-19(24(28)29)18-12-15(25)8-10-21(18)27-22/h3-13H,2H2,1H3,(H,28,29). The van der Waals surface area contributed by atoms with Crippen LogP contribution in [-0.4, -0.2) is 22.7 Å². The van der Waals surface area contributed by atoms with Gasteiger partial charge in [0.2, 0.25) is 0 Å². The molecule has 1 aromatic heterocycles. The molecule has 30 heavy (non-hydrogen) atoms. The zero-order chi connectivity index (χ0) is 21.3. The fourth-order valence-electron chi connectivity index (χ4n) is 3.39. The van der Waals surface area contributed by atoms with Gasteiger partial charge in [-0.1, -0.05) is 24.3 Å². The van der Waals surface area contributed by atoms with E-state index < -0.39 is 17.6 Å². The van der Waals surface area contributed by atoms with Crippen molar-refractivity contribution in [2.24, 2.45) is 0 Å². The van der Waals surface area contributed by atoms with Crippen LogP contribution in [0.5, 0.6) is 5.75 Å². The summed E-state index contributed by atoms with van der Waals surface area (Å²) in [6.07, 6.45) is 0. The van der Waals surface area contributed by atoms with Gasteiger partial charge in [-0.3, -0.25) is 0 Å². The molecule has 0 bridgehead atoms. The lowest BCUT2D eigenvalue weighted by Crippen LogP contribution is -2.01. The Balaban J connectivity index is 1.84. The lowest BCUT2D eigenvalue weighted by atomic mass is 9.99. The Kier molecular flexibility index (Phi) is 5.14. The van der Waals surface area contributed by atoms with E-state index in [1.165, 1.54) is 24.3 Å². The second-order valence-corrected chi connectivity index (χ2v) is 6.65. The van der Waals surface area contributed by atoms with Crippen LogP contribution >= 0.6 is 0 Å². The Hall–Kier alpha value is -3.80. The number of benzene rings is 3. The molecular weight excluding hydrogens is 388 g/mol. The third-order valence-corrected chi connectivity index (χ3v) is 4.74. The number of aromatic carboxylic acids is 1. The molecule has 6 heteroatoms. The molecule has 0 aliphatic rings. The van der Waals surface area contributed by atoms with Crippen molar-refractivity contribution < 1.29 is 23.4 Å². The van der Waals surface area contributed by atoms with Gasteiger partial charge in [-0.05, 0) is 55.0 Å². The molecule has 0 aliphatic carbocycles. The normalized spacial score (nSPS) is 10.9. The minimum atomic E-state index is -1.24. The second-order valence-electron chi connectivity index (χ2n) is 6.65. The molecule has 3 aromatic carbocycles. The summed E-state index contributed by atoms with van der Waals surface area (Å²) in [7, 11) is 0. The zero-order valence-corrected chi connectivity index (χ0v) is 16.0. The Morgan fingerprint density at radius 1 is 1.00 bits per heavy atom. The first kappa shape index (κ1) is 19.5. The van der Waals surface area contributed by atoms with E-state index in [0.717, 1.165) is 11.6 Å². The van der Waals surface area contributed by atoms with Crippen LogP contribution in [0.4, 0.5) is 8.78 Å². The number of hydrogen-bond donors (Lipinski definition) is 1. The SMILES string of the molecule is CCOc1ccccc1-c1ccc(-c2cc(C(=O)O)c3cc(F)ccc3n2)c(F)c1. The van der Waals surface area contributed by atoms with Crippen LogP contribution in [0.1, 0.15) is 17.3 Å². The van der Waals surface area contributed by atoms with Gasteiger partial charge in [-0.2, -0.15) is 0 Å². The molecular formula is C24H17F2NO3. The van der Waals surface area contributed by atoms with Crippen molar-refractivity contribution in [3.8, 4) is 28.1 Å². The number of para-hydroxylation sites is 1. The van der Waals surface area contributed by atoms with Gasteiger partial charge in [-0.25, -0.2) is 18.6 Å². The van der Waals surface area contributed by atoms with Crippen LogP contribution in [-0.2, 0) is 0 Å². The van der Waals surface area contributed by atoms with Gasteiger partial charge in [0.05, 0.1) is 23.4 Å². The van der Waals surface area contributed by atoms with Gasteiger partial charge in [0.15, 0.2) is 0 Å². The average molecular weight is 405 g/mol. The highest BCUT2D eigenvalue weighted by molar-refractivity contribution is 6.03. The van der Waals surface area contributed by atoms with Gasteiger partial charge in [0.1, 0.15) is 17.4 Å². The Bertz CT molecular complexity index is 1270. The summed E-state index contributed by atoms with van der Waals surface area (Å²) >= 11 is 0. The number of halogens is 2. The number of carboxylic acid groups (broad SMARTS) is 1. The average Bonchev–Trinajstić information content (AvgIpc) is 2.73. The third-order valence-electron chi connectivity index (χ3n) is 4.74.